The molecule has 23 heavy (non-hydrogen) atoms. The zero-order valence-corrected chi connectivity index (χ0v) is 14.5. The molecule has 0 bridgehead atoms. The third kappa shape index (κ3) is 8.98. The first kappa shape index (κ1) is 19.2. The Morgan fingerprint density at radius 2 is 1.65 bits per heavy atom. The summed E-state index contributed by atoms with van der Waals surface area (Å²) in [4.78, 5) is 25.8. The Kier molecular flexibility index (Phi) is 8.98. The van der Waals surface area contributed by atoms with Gasteiger partial charge in [-0.3, -0.25) is 9.59 Å². The average molecular weight is 319 g/mol. The minimum Gasteiger partial charge on any atom is -0.356 e. The molecule has 0 heterocycles. The monoisotopic (exact) mass is 319 g/mol. The fourth-order valence-corrected chi connectivity index (χ4v) is 2.36. The van der Waals surface area contributed by atoms with Crippen LogP contribution in [0, 0.1) is 5.92 Å². The smallest absolute Gasteiger partial charge is 0.225 e. The molecule has 0 radical (unpaired) electrons. The first-order valence-corrected chi connectivity index (χ1v) is 8.35. The lowest BCUT2D eigenvalue weighted by atomic mass is 10.2. The van der Waals surface area contributed by atoms with E-state index >= 15 is 0 Å². The molecule has 0 fully saturated rings. The molecule has 5 heteroatoms. The van der Waals surface area contributed by atoms with Crippen LogP contribution in [-0.4, -0.2) is 42.9 Å². The summed E-state index contributed by atoms with van der Waals surface area (Å²) in [5.41, 5.74) is 0.815. The molecule has 2 N–H and O–H groups in total. The highest BCUT2D eigenvalue weighted by Gasteiger charge is 2.12. The molecule has 128 valence electrons. The van der Waals surface area contributed by atoms with Gasteiger partial charge in [-0.15, -0.1) is 0 Å². The molecule has 2 amide bonds. The second kappa shape index (κ2) is 10.8. The van der Waals surface area contributed by atoms with Gasteiger partial charge in [-0.05, 0) is 25.0 Å². The van der Waals surface area contributed by atoms with Gasteiger partial charge >= 0.3 is 0 Å². The topological polar surface area (TPSA) is 61.4 Å². The zero-order valence-electron chi connectivity index (χ0n) is 14.5. The van der Waals surface area contributed by atoms with Crippen molar-refractivity contribution in [1.82, 2.24) is 10.2 Å². The summed E-state index contributed by atoms with van der Waals surface area (Å²) in [6.07, 6.45) is 0.901. The molecule has 0 aliphatic rings. The number of hydrogen-bond donors (Lipinski definition) is 2. The molecule has 0 spiro atoms. The van der Waals surface area contributed by atoms with E-state index in [1.54, 1.807) is 0 Å². The number of amides is 2. The van der Waals surface area contributed by atoms with Crippen LogP contribution >= 0.6 is 0 Å². The van der Waals surface area contributed by atoms with E-state index in [1.807, 2.05) is 37.3 Å². The van der Waals surface area contributed by atoms with E-state index in [0.29, 0.717) is 38.4 Å². The molecule has 0 aliphatic heterocycles. The van der Waals surface area contributed by atoms with E-state index < -0.39 is 0 Å². The highest BCUT2D eigenvalue weighted by Crippen LogP contribution is 2.07. The Labute approximate surface area is 139 Å². The van der Waals surface area contributed by atoms with Crippen LogP contribution in [0.2, 0.25) is 0 Å². The van der Waals surface area contributed by atoms with Crippen LogP contribution < -0.4 is 10.6 Å². The van der Waals surface area contributed by atoms with Crippen molar-refractivity contribution in [1.29, 1.82) is 0 Å². The lowest BCUT2D eigenvalue weighted by Crippen LogP contribution is -2.35. The normalized spacial score (nSPS) is 10.8. The predicted octanol–water partition coefficient (Wildman–Crippen LogP) is 2.50. The van der Waals surface area contributed by atoms with Crippen LogP contribution in [0.25, 0.3) is 0 Å². The minimum atomic E-state index is 0.00275. The Morgan fingerprint density at radius 3 is 2.22 bits per heavy atom. The first-order chi connectivity index (χ1) is 11.0. The highest BCUT2D eigenvalue weighted by molar-refractivity contribution is 5.90. The lowest BCUT2D eigenvalue weighted by molar-refractivity contribution is -0.121. The Balaban J connectivity index is 2.40. The fraction of sp³-hybridized carbons (Fsp3) is 0.556. The maximum Gasteiger partial charge on any atom is 0.225 e. The zero-order chi connectivity index (χ0) is 17.1. The summed E-state index contributed by atoms with van der Waals surface area (Å²) >= 11 is 0. The van der Waals surface area contributed by atoms with Gasteiger partial charge in [-0.25, -0.2) is 0 Å². The van der Waals surface area contributed by atoms with E-state index in [0.717, 1.165) is 12.2 Å². The maximum atomic E-state index is 12.0. The molecule has 1 aromatic rings. The second-order valence-corrected chi connectivity index (χ2v) is 6.06. The number of anilines is 1. The molecule has 0 aromatic heterocycles. The van der Waals surface area contributed by atoms with Crippen molar-refractivity contribution < 1.29 is 9.59 Å². The molecule has 0 aliphatic carbocycles. The molecule has 0 atom stereocenters. The summed E-state index contributed by atoms with van der Waals surface area (Å²) < 4.78 is 0. The Bertz CT molecular complexity index is 474. The predicted molar refractivity (Wildman–Crippen MR) is 94.3 cm³/mol. The van der Waals surface area contributed by atoms with E-state index in [4.69, 9.17) is 0 Å². The van der Waals surface area contributed by atoms with Gasteiger partial charge in [0.2, 0.25) is 11.8 Å². The summed E-state index contributed by atoms with van der Waals surface area (Å²) in [6.45, 7) is 9.09. The van der Waals surface area contributed by atoms with Gasteiger partial charge in [0.25, 0.3) is 0 Å². The van der Waals surface area contributed by atoms with Crippen LogP contribution in [0.3, 0.4) is 0 Å². The third-order valence-corrected chi connectivity index (χ3v) is 3.37. The van der Waals surface area contributed by atoms with Gasteiger partial charge in [0.1, 0.15) is 0 Å². The molecule has 1 aromatic carbocycles. The number of para-hydroxylation sites is 1. The molecule has 1 rings (SSSR count). The largest absolute Gasteiger partial charge is 0.356 e. The molecular weight excluding hydrogens is 290 g/mol. The SMILES string of the molecule is CCNC(=O)CCN(CCC(=O)Nc1ccccc1)CC(C)C. The number of rotatable bonds is 10. The van der Waals surface area contributed by atoms with Crippen LogP contribution in [0.4, 0.5) is 5.69 Å². The van der Waals surface area contributed by atoms with Crippen molar-refractivity contribution in [3.63, 3.8) is 0 Å². The van der Waals surface area contributed by atoms with Gasteiger partial charge in [-0.2, -0.15) is 0 Å². The summed E-state index contributed by atoms with van der Waals surface area (Å²) in [6, 6.07) is 9.46. The number of nitrogens with one attached hydrogen (secondary N) is 2. The highest BCUT2D eigenvalue weighted by atomic mass is 16.2. The first-order valence-electron chi connectivity index (χ1n) is 8.35. The van der Waals surface area contributed by atoms with Crippen LogP contribution in [0.15, 0.2) is 30.3 Å². The quantitative estimate of drug-likeness (QED) is 0.696. The van der Waals surface area contributed by atoms with Crippen LogP contribution in [0.1, 0.15) is 33.6 Å². The van der Waals surface area contributed by atoms with Gasteiger partial charge in [-0.1, -0.05) is 32.0 Å². The summed E-state index contributed by atoms with van der Waals surface area (Å²) in [5.74, 6) is 0.569. The minimum absolute atomic E-state index is 0.00275. The van der Waals surface area contributed by atoms with E-state index in [9.17, 15) is 9.59 Å². The fourth-order valence-electron chi connectivity index (χ4n) is 2.36. The van der Waals surface area contributed by atoms with Crippen LogP contribution in [0.5, 0.6) is 0 Å². The molecular formula is C18H29N3O2. The average Bonchev–Trinajstić information content (AvgIpc) is 2.51. The number of hydrogen-bond acceptors (Lipinski definition) is 3. The van der Waals surface area contributed by atoms with Crippen molar-refractivity contribution in [2.75, 3.05) is 31.5 Å². The number of benzene rings is 1. The number of carbonyl (C=O) groups excluding carboxylic acids is 2. The molecule has 0 unspecified atom stereocenters. The Hall–Kier alpha value is -1.88. The van der Waals surface area contributed by atoms with Crippen molar-refractivity contribution in [2.45, 2.75) is 33.6 Å². The molecule has 0 saturated heterocycles. The van der Waals surface area contributed by atoms with Gasteiger partial charge < -0.3 is 15.5 Å². The second-order valence-electron chi connectivity index (χ2n) is 6.06. The van der Waals surface area contributed by atoms with Crippen molar-refractivity contribution in [3.05, 3.63) is 30.3 Å². The summed E-state index contributed by atoms with van der Waals surface area (Å²) in [7, 11) is 0. The van der Waals surface area contributed by atoms with Gasteiger partial charge in [0.15, 0.2) is 0 Å². The van der Waals surface area contributed by atoms with Crippen molar-refractivity contribution in [3.8, 4) is 0 Å². The van der Waals surface area contributed by atoms with Gasteiger partial charge in [0, 0.05) is 44.7 Å². The van der Waals surface area contributed by atoms with Gasteiger partial charge in [0.05, 0.1) is 0 Å². The molecule has 0 saturated carbocycles. The Morgan fingerprint density at radius 1 is 1.04 bits per heavy atom. The maximum absolute atomic E-state index is 12.0. The number of nitrogens with zero attached hydrogens (tertiary/aromatic N) is 1. The van der Waals surface area contributed by atoms with E-state index in [2.05, 4.69) is 29.4 Å². The summed E-state index contributed by atoms with van der Waals surface area (Å²) in [5, 5.41) is 5.70. The van der Waals surface area contributed by atoms with Crippen molar-refractivity contribution >= 4 is 17.5 Å². The lowest BCUT2D eigenvalue weighted by Gasteiger charge is -2.23. The van der Waals surface area contributed by atoms with E-state index in [1.165, 1.54) is 0 Å². The number of carbonyl (C=O) groups is 2. The van der Waals surface area contributed by atoms with Crippen molar-refractivity contribution in [2.24, 2.45) is 5.92 Å². The van der Waals surface area contributed by atoms with E-state index in [-0.39, 0.29) is 11.8 Å². The molecule has 5 nitrogen and oxygen atoms in total. The standard InChI is InChI=1S/C18H29N3O2/c1-4-19-17(22)10-12-21(14-15(2)3)13-11-18(23)20-16-8-6-5-7-9-16/h5-9,15H,4,10-14H2,1-3H3,(H,19,22)(H,20,23). The van der Waals surface area contributed by atoms with Crippen LogP contribution in [-0.2, 0) is 9.59 Å². The third-order valence-electron chi connectivity index (χ3n) is 3.37.